The smallest absolute Gasteiger partial charge is 0.274 e. The minimum atomic E-state index is -0.0784. The van der Waals surface area contributed by atoms with Gasteiger partial charge in [0.1, 0.15) is 5.69 Å². The molecule has 0 spiro atoms. The first-order valence-corrected chi connectivity index (χ1v) is 9.16. The summed E-state index contributed by atoms with van der Waals surface area (Å²) in [5.74, 6) is 0.609. The zero-order valence-corrected chi connectivity index (χ0v) is 14.3. The van der Waals surface area contributed by atoms with Gasteiger partial charge in [0.15, 0.2) is 0 Å². The molecule has 4 aliphatic rings. The summed E-state index contributed by atoms with van der Waals surface area (Å²) in [5, 5.41) is 0. The van der Waals surface area contributed by atoms with E-state index in [-0.39, 0.29) is 23.8 Å². The van der Waals surface area contributed by atoms with Crippen LogP contribution in [0.25, 0.3) is 0 Å². The lowest BCUT2D eigenvalue weighted by Gasteiger charge is -2.38. The van der Waals surface area contributed by atoms with Crippen molar-refractivity contribution >= 4 is 11.8 Å². The van der Waals surface area contributed by atoms with Crippen molar-refractivity contribution < 1.29 is 14.3 Å². The molecule has 1 aromatic rings. The first-order chi connectivity index (χ1) is 12.2. The molecule has 2 amide bonds. The van der Waals surface area contributed by atoms with E-state index in [4.69, 9.17) is 4.74 Å². The normalized spacial score (nSPS) is 27.2. The van der Waals surface area contributed by atoms with Crippen LogP contribution in [-0.2, 0) is 9.53 Å². The third-order valence-electron chi connectivity index (χ3n) is 5.64. The first kappa shape index (κ1) is 16.4. The van der Waals surface area contributed by atoms with Gasteiger partial charge in [0.2, 0.25) is 5.91 Å². The molecule has 0 N–H and O–H groups in total. The maximum Gasteiger partial charge on any atom is 0.274 e. The molecule has 134 valence electrons. The van der Waals surface area contributed by atoms with Gasteiger partial charge in [-0.25, -0.2) is 4.98 Å². The van der Waals surface area contributed by atoms with Crippen LogP contribution in [0.4, 0.5) is 0 Å². The maximum absolute atomic E-state index is 13.0. The fraction of sp³-hybridized carbons (Fsp3) is 0.667. The number of amides is 2. The van der Waals surface area contributed by atoms with Crippen molar-refractivity contribution in [2.24, 2.45) is 11.8 Å². The Hall–Kier alpha value is -2.02. The van der Waals surface area contributed by atoms with Gasteiger partial charge in [-0.05, 0) is 31.6 Å². The van der Waals surface area contributed by atoms with Gasteiger partial charge >= 0.3 is 0 Å². The van der Waals surface area contributed by atoms with Crippen LogP contribution < -0.4 is 0 Å². The second-order valence-electron chi connectivity index (χ2n) is 7.28. The van der Waals surface area contributed by atoms with Gasteiger partial charge in [0.05, 0.1) is 6.20 Å². The van der Waals surface area contributed by atoms with E-state index in [1.54, 1.807) is 12.4 Å². The molecule has 2 unspecified atom stereocenters. The van der Waals surface area contributed by atoms with E-state index in [1.165, 1.54) is 6.20 Å². The first-order valence-electron chi connectivity index (χ1n) is 9.16. The van der Waals surface area contributed by atoms with E-state index in [2.05, 4.69) is 9.97 Å². The van der Waals surface area contributed by atoms with Crippen LogP contribution in [0.1, 0.15) is 36.2 Å². The number of ether oxygens (including phenoxy) is 1. The number of carbonyl (C=O) groups is 2. The summed E-state index contributed by atoms with van der Waals surface area (Å²) in [4.78, 5) is 37.8. The van der Waals surface area contributed by atoms with E-state index in [1.807, 2.05) is 9.80 Å². The van der Waals surface area contributed by atoms with Crippen molar-refractivity contribution in [1.29, 1.82) is 0 Å². The van der Waals surface area contributed by atoms with Crippen molar-refractivity contribution in [3.8, 4) is 0 Å². The van der Waals surface area contributed by atoms with Crippen LogP contribution in [0.2, 0.25) is 0 Å². The fourth-order valence-electron chi connectivity index (χ4n) is 4.27. The lowest BCUT2D eigenvalue weighted by Crippen LogP contribution is -2.50. The average Bonchev–Trinajstić information content (AvgIpc) is 3.00. The third kappa shape index (κ3) is 3.38. The summed E-state index contributed by atoms with van der Waals surface area (Å²) in [5.41, 5.74) is 0.381. The summed E-state index contributed by atoms with van der Waals surface area (Å²) in [6, 6.07) is 0.120. The van der Waals surface area contributed by atoms with Gasteiger partial charge in [-0.15, -0.1) is 0 Å². The van der Waals surface area contributed by atoms with Gasteiger partial charge in [-0.1, -0.05) is 0 Å². The predicted molar refractivity (Wildman–Crippen MR) is 89.7 cm³/mol. The minimum Gasteiger partial charge on any atom is -0.381 e. The SMILES string of the molecule is O=C(c1cnccn1)N1CC2CCC(C1)N(C(=O)C1CCOCC1)C2. The van der Waals surface area contributed by atoms with E-state index in [0.29, 0.717) is 37.9 Å². The number of rotatable bonds is 2. The number of carbonyl (C=O) groups excluding carboxylic acids is 2. The molecule has 1 aromatic heterocycles. The van der Waals surface area contributed by atoms with Crippen LogP contribution in [0.3, 0.4) is 0 Å². The molecule has 7 nitrogen and oxygen atoms in total. The van der Waals surface area contributed by atoms with Crippen molar-refractivity contribution in [3.05, 3.63) is 24.3 Å². The number of fused-ring (bicyclic) bond motifs is 4. The topological polar surface area (TPSA) is 75.6 Å². The van der Waals surface area contributed by atoms with Gasteiger partial charge in [-0.2, -0.15) is 0 Å². The molecule has 7 heteroatoms. The Morgan fingerprint density at radius 2 is 1.88 bits per heavy atom. The maximum atomic E-state index is 13.0. The monoisotopic (exact) mass is 344 g/mol. The van der Waals surface area contributed by atoms with E-state index < -0.39 is 0 Å². The Balaban J connectivity index is 1.48. The Labute approximate surface area is 147 Å². The number of nitrogens with zero attached hydrogens (tertiary/aromatic N) is 4. The highest BCUT2D eigenvalue weighted by Gasteiger charge is 2.40. The van der Waals surface area contributed by atoms with Gasteiger partial charge in [0.25, 0.3) is 5.91 Å². The van der Waals surface area contributed by atoms with Gasteiger partial charge in [0, 0.05) is 57.2 Å². The van der Waals surface area contributed by atoms with Crippen LogP contribution in [0.5, 0.6) is 0 Å². The summed E-state index contributed by atoms with van der Waals surface area (Å²) < 4.78 is 5.38. The highest BCUT2D eigenvalue weighted by atomic mass is 16.5. The van der Waals surface area contributed by atoms with Gasteiger partial charge < -0.3 is 14.5 Å². The van der Waals surface area contributed by atoms with Crippen molar-refractivity contribution in [1.82, 2.24) is 19.8 Å². The van der Waals surface area contributed by atoms with E-state index >= 15 is 0 Å². The molecule has 25 heavy (non-hydrogen) atoms. The van der Waals surface area contributed by atoms with Gasteiger partial charge in [-0.3, -0.25) is 14.6 Å². The van der Waals surface area contributed by atoms with Crippen molar-refractivity contribution in [2.75, 3.05) is 32.8 Å². The molecule has 4 fully saturated rings. The molecule has 5 heterocycles. The number of hydrogen-bond acceptors (Lipinski definition) is 5. The average molecular weight is 344 g/mol. The van der Waals surface area contributed by atoms with Crippen molar-refractivity contribution in [2.45, 2.75) is 31.7 Å². The molecule has 4 aliphatic heterocycles. The minimum absolute atomic E-state index is 0.0784. The summed E-state index contributed by atoms with van der Waals surface area (Å²) in [7, 11) is 0. The summed E-state index contributed by atoms with van der Waals surface area (Å²) in [6.07, 6.45) is 8.30. The number of hydrogen-bond donors (Lipinski definition) is 0. The lowest BCUT2D eigenvalue weighted by atomic mass is 9.91. The molecule has 2 bridgehead atoms. The Kier molecular flexibility index (Phi) is 4.65. The number of aromatic nitrogens is 2. The molecule has 5 rings (SSSR count). The van der Waals surface area contributed by atoms with Crippen LogP contribution >= 0.6 is 0 Å². The quantitative estimate of drug-likeness (QED) is 0.799. The fourth-order valence-corrected chi connectivity index (χ4v) is 4.27. The molecule has 4 saturated heterocycles. The summed E-state index contributed by atoms with van der Waals surface area (Å²) >= 11 is 0. The molecular formula is C18H24N4O3. The van der Waals surface area contributed by atoms with Crippen LogP contribution in [-0.4, -0.2) is 70.5 Å². The van der Waals surface area contributed by atoms with E-state index in [0.717, 1.165) is 32.2 Å². The molecular weight excluding hydrogens is 320 g/mol. The molecule has 2 atom stereocenters. The lowest BCUT2D eigenvalue weighted by molar-refractivity contribution is -0.142. The zero-order valence-electron chi connectivity index (χ0n) is 14.3. The molecule has 0 aromatic carbocycles. The zero-order chi connectivity index (χ0) is 17.2. The summed E-state index contributed by atoms with van der Waals surface area (Å²) in [6.45, 7) is 3.42. The predicted octanol–water partition coefficient (Wildman–Crippen LogP) is 0.966. The highest BCUT2D eigenvalue weighted by Crippen LogP contribution is 2.31. The molecule has 0 saturated carbocycles. The standard InChI is InChI=1S/C18H24N4O3/c23-17(14-3-7-25-8-4-14)22-11-13-1-2-15(22)12-21(10-13)18(24)16-9-19-5-6-20-16/h5-6,9,13-15H,1-4,7-8,10-12H2. The second kappa shape index (κ2) is 7.07. The van der Waals surface area contributed by atoms with Crippen LogP contribution in [0.15, 0.2) is 18.6 Å². The Bertz CT molecular complexity index is 632. The highest BCUT2D eigenvalue weighted by molar-refractivity contribution is 5.92. The van der Waals surface area contributed by atoms with E-state index in [9.17, 15) is 9.59 Å². The molecule has 0 radical (unpaired) electrons. The number of piperidine rings is 1. The van der Waals surface area contributed by atoms with Crippen molar-refractivity contribution in [3.63, 3.8) is 0 Å². The largest absolute Gasteiger partial charge is 0.381 e. The molecule has 0 aliphatic carbocycles. The Morgan fingerprint density at radius 3 is 2.64 bits per heavy atom. The van der Waals surface area contributed by atoms with Crippen LogP contribution in [0, 0.1) is 11.8 Å². The third-order valence-corrected chi connectivity index (χ3v) is 5.64. The Morgan fingerprint density at radius 1 is 1.04 bits per heavy atom. The second-order valence-corrected chi connectivity index (χ2v) is 7.28.